The van der Waals surface area contributed by atoms with E-state index in [1.54, 1.807) is 17.3 Å². The number of nitrogens with zero attached hydrogens (tertiary/aromatic N) is 5. The van der Waals surface area contributed by atoms with E-state index in [-0.39, 0.29) is 11.5 Å². The van der Waals surface area contributed by atoms with Gasteiger partial charge < -0.3 is 14.9 Å². The molecule has 7 heteroatoms. The molecule has 2 aromatic heterocycles. The van der Waals surface area contributed by atoms with Gasteiger partial charge in [0.05, 0.1) is 11.6 Å². The molecule has 1 N–H and O–H groups in total. The molecule has 0 radical (unpaired) electrons. The van der Waals surface area contributed by atoms with Crippen LogP contribution in [0, 0.1) is 5.41 Å². The number of hydrogen-bond acceptors (Lipinski definition) is 5. The Hall–Kier alpha value is -3.22. The van der Waals surface area contributed by atoms with Gasteiger partial charge in [0.1, 0.15) is 5.82 Å². The Bertz CT molecular complexity index is 1030. The SMILES string of the molecule is CC(C)(C)C1CN(c2nc(-c3ccncc3)nc3ccccc23)CCN1C(=O)O. The molecule has 1 aromatic carbocycles. The van der Waals surface area contributed by atoms with E-state index >= 15 is 0 Å². The highest BCUT2D eigenvalue weighted by Gasteiger charge is 2.38. The van der Waals surface area contributed by atoms with Crippen LogP contribution in [0.15, 0.2) is 48.8 Å². The number of carbonyl (C=O) groups is 1. The third-order valence-corrected chi connectivity index (χ3v) is 5.45. The molecule has 1 amide bonds. The van der Waals surface area contributed by atoms with E-state index in [0.717, 1.165) is 22.3 Å². The first-order valence-corrected chi connectivity index (χ1v) is 9.76. The van der Waals surface area contributed by atoms with Crippen molar-refractivity contribution in [2.45, 2.75) is 26.8 Å². The van der Waals surface area contributed by atoms with E-state index in [1.807, 2.05) is 36.4 Å². The van der Waals surface area contributed by atoms with Crippen LogP contribution in [0.3, 0.4) is 0 Å². The quantitative estimate of drug-likeness (QED) is 0.713. The maximum atomic E-state index is 11.8. The molecule has 150 valence electrons. The molecule has 1 aliphatic rings. The van der Waals surface area contributed by atoms with Crippen molar-refractivity contribution in [3.63, 3.8) is 0 Å². The van der Waals surface area contributed by atoms with Crippen molar-refractivity contribution < 1.29 is 9.90 Å². The number of rotatable bonds is 2. The van der Waals surface area contributed by atoms with E-state index in [0.29, 0.717) is 25.5 Å². The maximum Gasteiger partial charge on any atom is 0.407 e. The number of anilines is 1. The summed E-state index contributed by atoms with van der Waals surface area (Å²) < 4.78 is 0. The molecule has 0 spiro atoms. The molecule has 3 aromatic rings. The lowest BCUT2D eigenvalue weighted by atomic mass is 9.84. The molecule has 1 unspecified atom stereocenters. The van der Waals surface area contributed by atoms with Crippen molar-refractivity contribution in [2.24, 2.45) is 5.41 Å². The van der Waals surface area contributed by atoms with Gasteiger partial charge in [-0.05, 0) is 29.7 Å². The molecule has 1 aliphatic heterocycles. The van der Waals surface area contributed by atoms with E-state index in [1.165, 1.54) is 0 Å². The van der Waals surface area contributed by atoms with Gasteiger partial charge in [0.15, 0.2) is 5.82 Å². The van der Waals surface area contributed by atoms with Gasteiger partial charge >= 0.3 is 6.09 Å². The third kappa shape index (κ3) is 3.72. The lowest BCUT2D eigenvalue weighted by Gasteiger charge is -2.46. The minimum Gasteiger partial charge on any atom is -0.465 e. The van der Waals surface area contributed by atoms with E-state index in [9.17, 15) is 9.90 Å². The number of pyridine rings is 1. The van der Waals surface area contributed by atoms with Gasteiger partial charge in [-0.25, -0.2) is 14.8 Å². The fourth-order valence-corrected chi connectivity index (χ4v) is 3.88. The fourth-order valence-electron chi connectivity index (χ4n) is 3.88. The first kappa shape index (κ1) is 19.1. The van der Waals surface area contributed by atoms with E-state index in [2.05, 4.69) is 30.7 Å². The van der Waals surface area contributed by atoms with Crippen LogP contribution < -0.4 is 4.90 Å². The Morgan fingerprint density at radius 3 is 2.48 bits per heavy atom. The lowest BCUT2D eigenvalue weighted by molar-refractivity contribution is 0.0747. The van der Waals surface area contributed by atoms with Crippen molar-refractivity contribution in [3.8, 4) is 11.4 Å². The normalized spacial score (nSPS) is 17.6. The zero-order valence-corrected chi connectivity index (χ0v) is 16.9. The van der Waals surface area contributed by atoms with Crippen LogP contribution in [-0.4, -0.2) is 56.7 Å². The minimum atomic E-state index is -0.866. The van der Waals surface area contributed by atoms with Gasteiger partial charge in [0.2, 0.25) is 0 Å². The number of hydrogen-bond donors (Lipinski definition) is 1. The standard InChI is InChI=1S/C22H25N5O2/c1-22(2,3)18-14-26(12-13-27(18)21(28)29)20-16-6-4-5-7-17(16)24-19(25-20)15-8-10-23-11-9-15/h4-11,18H,12-14H2,1-3H3,(H,28,29). The van der Waals surface area contributed by atoms with Crippen LogP contribution in [0.1, 0.15) is 20.8 Å². The number of amides is 1. The Labute approximate surface area is 170 Å². The van der Waals surface area contributed by atoms with Crippen molar-refractivity contribution in [1.82, 2.24) is 19.9 Å². The largest absolute Gasteiger partial charge is 0.465 e. The van der Waals surface area contributed by atoms with Gasteiger partial charge in [-0.1, -0.05) is 32.9 Å². The predicted octanol–water partition coefficient (Wildman–Crippen LogP) is 3.91. The first-order chi connectivity index (χ1) is 13.8. The number of piperazine rings is 1. The Kier molecular flexibility index (Phi) is 4.82. The summed E-state index contributed by atoms with van der Waals surface area (Å²) in [6.45, 7) is 7.87. The summed E-state index contributed by atoms with van der Waals surface area (Å²) in [5.74, 6) is 1.50. The molecule has 0 bridgehead atoms. The molecule has 0 aliphatic carbocycles. The van der Waals surface area contributed by atoms with Gasteiger partial charge in [0.25, 0.3) is 0 Å². The summed E-state index contributed by atoms with van der Waals surface area (Å²) in [5.41, 5.74) is 1.59. The maximum absolute atomic E-state index is 11.8. The monoisotopic (exact) mass is 391 g/mol. The molecule has 0 saturated carbocycles. The smallest absolute Gasteiger partial charge is 0.407 e. The zero-order valence-electron chi connectivity index (χ0n) is 16.9. The second-order valence-corrected chi connectivity index (χ2v) is 8.43. The van der Waals surface area contributed by atoms with Gasteiger partial charge in [-0.3, -0.25) is 4.98 Å². The van der Waals surface area contributed by atoms with E-state index < -0.39 is 6.09 Å². The van der Waals surface area contributed by atoms with Crippen LogP contribution in [0.5, 0.6) is 0 Å². The van der Waals surface area contributed by atoms with Crippen molar-refractivity contribution in [2.75, 3.05) is 24.5 Å². The van der Waals surface area contributed by atoms with Crippen LogP contribution >= 0.6 is 0 Å². The highest BCUT2D eigenvalue weighted by molar-refractivity contribution is 5.91. The first-order valence-electron chi connectivity index (χ1n) is 9.76. The fraction of sp³-hybridized carbons (Fsp3) is 0.364. The highest BCUT2D eigenvalue weighted by Crippen LogP contribution is 2.33. The van der Waals surface area contributed by atoms with Crippen molar-refractivity contribution in [1.29, 1.82) is 0 Å². The zero-order chi connectivity index (χ0) is 20.6. The summed E-state index contributed by atoms with van der Waals surface area (Å²) in [5, 5.41) is 10.6. The van der Waals surface area contributed by atoms with Crippen molar-refractivity contribution in [3.05, 3.63) is 48.8 Å². The molecular weight excluding hydrogens is 366 g/mol. The van der Waals surface area contributed by atoms with Crippen LogP contribution in [0.25, 0.3) is 22.3 Å². The summed E-state index contributed by atoms with van der Waals surface area (Å²) in [4.78, 5) is 29.3. The molecule has 1 saturated heterocycles. The molecule has 29 heavy (non-hydrogen) atoms. The molecule has 1 atom stereocenters. The number of aromatic nitrogens is 3. The molecule has 3 heterocycles. The second kappa shape index (κ2) is 7.31. The molecule has 7 nitrogen and oxygen atoms in total. The Morgan fingerprint density at radius 2 is 1.79 bits per heavy atom. The molecular formula is C22H25N5O2. The molecule has 1 fully saturated rings. The summed E-state index contributed by atoms with van der Waals surface area (Å²) >= 11 is 0. The van der Waals surface area contributed by atoms with Crippen LogP contribution in [0.2, 0.25) is 0 Å². The lowest BCUT2D eigenvalue weighted by Crippen LogP contribution is -2.59. The summed E-state index contributed by atoms with van der Waals surface area (Å²) in [6, 6.07) is 11.6. The second-order valence-electron chi connectivity index (χ2n) is 8.43. The summed E-state index contributed by atoms with van der Waals surface area (Å²) in [7, 11) is 0. The van der Waals surface area contributed by atoms with Gasteiger partial charge in [0, 0.05) is 43.0 Å². The van der Waals surface area contributed by atoms with Gasteiger partial charge in [-0.2, -0.15) is 0 Å². The summed E-state index contributed by atoms with van der Waals surface area (Å²) in [6.07, 6.45) is 2.60. The van der Waals surface area contributed by atoms with E-state index in [4.69, 9.17) is 9.97 Å². The number of carboxylic acid groups (broad SMARTS) is 1. The van der Waals surface area contributed by atoms with Crippen LogP contribution in [-0.2, 0) is 0 Å². The van der Waals surface area contributed by atoms with Crippen LogP contribution in [0.4, 0.5) is 10.6 Å². The Balaban J connectivity index is 1.80. The average molecular weight is 391 g/mol. The minimum absolute atomic E-state index is 0.133. The highest BCUT2D eigenvalue weighted by atomic mass is 16.4. The number of para-hydroxylation sites is 1. The number of fused-ring (bicyclic) bond motifs is 1. The van der Waals surface area contributed by atoms with Crippen molar-refractivity contribution >= 4 is 22.8 Å². The average Bonchev–Trinajstić information content (AvgIpc) is 2.72. The number of benzene rings is 1. The third-order valence-electron chi connectivity index (χ3n) is 5.45. The Morgan fingerprint density at radius 1 is 1.07 bits per heavy atom. The van der Waals surface area contributed by atoms with Gasteiger partial charge in [-0.15, -0.1) is 0 Å². The topological polar surface area (TPSA) is 82.5 Å². The molecule has 4 rings (SSSR count). The predicted molar refractivity (Wildman–Crippen MR) is 113 cm³/mol.